The molecule has 0 spiro atoms. The van der Waals surface area contributed by atoms with Crippen LogP contribution < -0.4 is 10.5 Å². The Morgan fingerprint density at radius 2 is 2.09 bits per heavy atom. The van der Waals surface area contributed by atoms with Crippen LogP contribution in [0.4, 0.5) is 0 Å². The van der Waals surface area contributed by atoms with E-state index in [-0.39, 0.29) is 6.73 Å². The molecule has 4 heterocycles. The van der Waals surface area contributed by atoms with Crippen LogP contribution in [0.2, 0.25) is 0 Å². The van der Waals surface area contributed by atoms with Crippen molar-refractivity contribution in [2.75, 3.05) is 6.73 Å². The molecule has 1 aliphatic rings. The second-order valence-electron chi connectivity index (χ2n) is 7.28. The van der Waals surface area contributed by atoms with E-state index in [2.05, 4.69) is 35.6 Å². The van der Waals surface area contributed by atoms with Crippen molar-refractivity contribution < 1.29 is 28.1 Å². The highest BCUT2D eigenvalue weighted by Crippen LogP contribution is 2.36. The molecule has 4 N–H and O–H groups in total. The third kappa shape index (κ3) is 6.60. The summed E-state index contributed by atoms with van der Waals surface area (Å²) < 4.78 is 27.4. The lowest BCUT2D eigenvalue weighted by Crippen LogP contribution is -2.41. The predicted molar refractivity (Wildman–Crippen MR) is 125 cm³/mol. The van der Waals surface area contributed by atoms with Gasteiger partial charge in [0.2, 0.25) is 5.88 Å². The average molecular weight is 550 g/mol. The first-order valence-corrected chi connectivity index (χ1v) is 12.3. The number of nitrogens with two attached hydrogens (primary N) is 1. The fraction of sp³-hybridized carbons (Fsp3) is 0.190. The van der Waals surface area contributed by atoms with Crippen molar-refractivity contribution in [3.8, 4) is 5.88 Å². The lowest BCUT2D eigenvalue weighted by atomic mass is 10.1. The summed E-state index contributed by atoms with van der Waals surface area (Å²) in [5.41, 5.74) is 9.16. The van der Waals surface area contributed by atoms with E-state index in [0.717, 1.165) is 15.9 Å². The van der Waals surface area contributed by atoms with Gasteiger partial charge in [0, 0.05) is 36.5 Å². The van der Waals surface area contributed by atoms with Crippen molar-refractivity contribution in [2.24, 2.45) is 5.73 Å². The fourth-order valence-corrected chi connectivity index (χ4v) is 3.80. The molecular formula is C21H21BrN5O6P. The number of rotatable bonds is 9. The SMILES string of the molecule is NC1C(c2cc(Cc3ccc(OCc4cccc(Br)n4)nc3)no2)=CC=CN1COP(=O)(O)O. The molecular weight excluding hydrogens is 529 g/mol. The van der Waals surface area contributed by atoms with Gasteiger partial charge in [-0.25, -0.2) is 14.5 Å². The largest absolute Gasteiger partial charge is 0.471 e. The van der Waals surface area contributed by atoms with Crippen LogP contribution in [0.15, 0.2) is 70.1 Å². The summed E-state index contributed by atoms with van der Waals surface area (Å²) in [5, 5.41) is 4.10. The summed E-state index contributed by atoms with van der Waals surface area (Å²) in [6.07, 6.45) is 6.45. The van der Waals surface area contributed by atoms with E-state index >= 15 is 0 Å². The van der Waals surface area contributed by atoms with Crippen molar-refractivity contribution in [1.29, 1.82) is 0 Å². The molecule has 1 atom stereocenters. The maximum Gasteiger partial charge on any atom is 0.471 e. The fourth-order valence-electron chi connectivity index (χ4n) is 3.14. The first-order valence-electron chi connectivity index (χ1n) is 10.0. The van der Waals surface area contributed by atoms with Gasteiger partial charge in [-0.3, -0.25) is 4.52 Å². The van der Waals surface area contributed by atoms with Crippen LogP contribution in [0.5, 0.6) is 5.88 Å². The second kappa shape index (κ2) is 10.6. The molecule has 3 aromatic rings. The lowest BCUT2D eigenvalue weighted by molar-refractivity contribution is 0.110. The van der Waals surface area contributed by atoms with Gasteiger partial charge in [0.05, 0.1) is 11.4 Å². The van der Waals surface area contributed by atoms with Crippen LogP contribution in [0.1, 0.15) is 22.7 Å². The van der Waals surface area contributed by atoms with E-state index in [1.54, 1.807) is 36.7 Å². The van der Waals surface area contributed by atoms with Crippen LogP contribution in [-0.4, -0.2) is 42.7 Å². The minimum atomic E-state index is -4.62. The van der Waals surface area contributed by atoms with E-state index in [4.69, 9.17) is 24.8 Å². The maximum absolute atomic E-state index is 11.0. The third-order valence-electron chi connectivity index (χ3n) is 4.77. The highest BCUT2D eigenvalue weighted by molar-refractivity contribution is 9.10. The van der Waals surface area contributed by atoms with Crippen LogP contribution in [0.3, 0.4) is 0 Å². The number of halogens is 1. The Labute approximate surface area is 203 Å². The summed E-state index contributed by atoms with van der Waals surface area (Å²) in [6, 6.07) is 11.0. The van der Waals surface area contributed by atoms with Gasteiger partial charge in [0.1, 0.15) is 24.1 Å². The minimum absolute atomic E-state index is 0.304. The smallest absolute Gasteiger partial charge is 0.471 e. The Morgan fingerprint density at radius 1 is 1.24 bits per heavy atom. The number of nitrogens with zero attached hydrogens (tertiary/aromatic N) is 4. The highest BCUT2D eigenvalue weighted by Gasteiger charge is 2.25. The lowest BCUT2D eigenvalue weighted by Gasteiger charge is -2.30. The Hall–Kier alpha value is -2.86. The molecule has 0 aromatic carbocycles. The maximum atomic E-state index is 11.0. The van der Waals surface area contributed by atoms with Gasteiger partial charge in [0.15, 0.2) is 5.76 Å². The molecule has 4 rings (SSSR count). The van der Waals surface area contributed by atoms with Gasteiger partial charge < -0.3 is 29.7 Å². The number of ether oxygens (including phenoxy) is 1. The first kappa shape index (κ1) is 24.3. The van der Waals surface area contributed by atoms with Gasteiger partial charge in [0.25, 0.3) is 0 Å². The summed E-state index contributed by atoms with van der Waals surface area (Å²) in [7, 11) is -4.62. The van der Waals surface area contributed by atoms with E-state index in [1.165, 1.54) is 4.90 Å². The van der Waals surface area contributed by atoms with Crippen LogP contribution >= 0.6 is 23.8 Å². The molecule has 0 amide bonds. The molecule has 13 heteroatoms. The number of pyridine rings is 2. The number of hydrogen-bond acceptors (Lipinski definition) is 9. The number of allylic oxidation sites excluding steroid dienone is 2. The topological polar surface area (TPSA) is 157 Å². The number of aromatic nitrogens is 3. The first-order chi connectivity index (χ1) is 16.3. The van der Waals surface area contributed by atoms with E-state index < -0.39 is 14.0 Å². The van der Waals surface area contributed by atoms with Gasteiger partial charge >= 0.3 is 7.82 Å². The molecule has 3 aromatic heterocycles. The minimum Gasteiger partial charge on any atom is -0.471 e. The van der Waals surface area contributed by atoms with E-state index in [1.807, 2.05) is 24.3 Å². The standard InChI is InChI=1S/C21H21BrN5O6P/c22-19-5-1-3-15(25-19)12-31-20-7-6-14(11-24-20)9-16-10-18(33-26-16)17-4-2-8-27(21(17)23)13-32-34(28,29)30/h1-8,10-11,21H,9,12-13,23H2,(H2,28,29,30). The molecule has 0 radical (unpaired) electrons. The van der Waals surface area contributed by atoms with Crippen molar-refractivity contribution in [2.45, 2.75) is 19.2 Å². The zero-order valence-electron chi connectivity index (χ0n) is 17.7. The molecule has 0 saturated heterocycles. The zero-order chi connectivity index (χ0) is 24.1. The Bertz CT molecular complexity index is 1240. The molecule has 178 valence electrons. The van der Waals surface area contributed by atoms with Crippen LogP contribution in [-0.2, 0) is 22.1 Å². The molecule has 1 aliphatic heterocycles. The molecule has 34 heavy (non-hydrogen) atoms. The van der Waals surface area contributed by atoms with Gasteiger partial charge in [-0.05, 0) is 39.7 Å². The monoisotopic (exact) mass is 549 g/mol. The summed E-state index contributed by atoms with van der Waals surface area (Å²) in [5.74, 6) is 0.927. The normalized spacial score (nSPS) is 15.9. The Morgan fingerprint density at radius 3 is 2.82 bits per heavy atom. The Balaban J connectivity index is 1.35. The highest BCUT2D eigenvalue weighted by atomic mass is 79.9. The molecule has 1 unspecified atom stereocenters. The number of phosphoric acid groups is 1. The zero-order valence-corrected chi connectivity index (χ0v) is 20.2. The van der Waals surface area contributed by atoms with Crippen LogP contribution in [0.25, 0.3) is 5.57 Å². The molecule has 0 fully saturated rings. The summed E-state index contributed by atoms with van der Waals surface area (Å²) in [6.45, 7) is -0.0730. The van der Waals surface area contributed by atoms with Crippen molar-refractivity contribution in [3.05, 3.63) is 88.3 Å². The van der Waals surface area contributed by atoms with E-state index in [9.17, 15) is 4.57 Å². The van der Waals surface area contributed by atoms with E-state index in [0.29, 0.717) is 35.9 Å². The van der Waals surface area contributed by atoms with Gasteiger partial charge in [-0.1, -0.05) is 23.4 Å². The molecule has 0 bridgehead atoms. The predicted octanol–water partition coefficient (Wildman–Crippen LogP) is 2.96. The van der Waals surface area contributed by atoms with Crippen molar-refractivity contribution >= 4 is 29.3 Å². The summed E-state index contributed by atoms with van der Waals surface area (Å²) >= 11 is 3.33. The van der Waals surface area contributed by atoms with Gasteiger partial charge in [-0.15, -0.1) is 0 Å². The third-order valence-corrected chi connectivity index (χ3v) is 5.66. The van der Waals surface area contributed by atoms with Gasteiger partial charge in [-0.2, -0.15) is 0 Å². The number of phosphoric ester groups is 1. The molecule has 0 aliphatic carbocycles. The number of hydrogen-bond donors (Lipinski definition) is 3. The quantitative estimate of drug-likeness (QED) is 0.266. The second-order valence-corrected chi connectivity index (χ2v) is 9.33. The molecule has 0 saturated carbocycles. The summed E-state index contributed by atoms with van der Waals surface area (Å²) in [4.78, 5) is 27.9. The Kier molecular flexibility index (Phi) is 7.57. The van der Waals surface area contributed by atoms with Crippen molar-refractivity contribution in [1.82, 2.24) is 20.0 Å². The van der Waals surface area contributed by atoms with Crippen molar-refractivity contribution in [3.63, 3.8) is 0 Å². The van der Waals surface area contributed by atoms with Crippen LogP contribution in [0, 0.1) is 0 Å². The molecule has 11 nitrogen and oxygen atoms in total. The average Bonchev–Trinajstić information content (AvgIpc) is 3.25.